The van der Waals surface area contributed by atoms with Crippen molar-refractivity contribution in [1.82, 2.24) is 0 Å². The van der Waals surface area contributed by atoms with Gasteiger partial charge < -0.3 is 5.32 Å². The largest absolute Gasteiger partial charge is 0.382 e. The van der Waals surface area contributed by atoms with Gasteiger partial charge in [-0.05, 0) is 81.2 Å². The fourth-order valence-corrected chi connectivity index (χ4v) is 6.37. The fourth-order valence-electron chi connectivity index (χ4n) is 4.56. The molecule has 1 aliphatic carbocycles. The van der Waals surface area contributed by atoms with Gasteiger partial charge in [0.1, 0.15) is 0 Å². The number of hydrogen-bond acceptors (Lipinski definition) is 3. The van der Waals surface area contributed by atoms with Crippen LogP contribution >= 0.6 is 0 Å². The summed E-state index contributed by atoms with van der Waals surface area (Å²) in [5, 5.41) is 3.33. The summed E-state index contributed by atoms with van der Waals surface area (Å²) < 4.78 is 29.2. The zero-order valence-corrected chi connectivity index (χ0v) is 19.7. The first-order chi connectivity index (χ1) is 14.8. The quantitative estimate of drug-likeness (QED) is 0.590. The molecule has 0 amide bonds. The van der Waals surface area contributed by atoms with E-state index in [1.54, 1.807) is 4.31 Å². The Morgan fingerprint density at radius 3 is 2.65 bits per heavy atom. The number of benzene rings is 2. The number of nitrogens with zero attached hydrogens (tertiary/aromatic N) is 1. The third kappa shape index (κ3) is 4.03. The molecule has 1 aliphatic heterocycles. The number of allylic oxidation sites excluding steroid dienone is 4. The van der Waals surface area contributed by atoms with E-state index in [4.69, 9.17) is 0 Å². The molecule has 31 heavy (non-hydrogen) atoms. The first kappa shape index (κ1) is 21.7. The Balaban J connectivity index is 1.69. The lowest BCUT2D eigenvalue weighted by atomic mass is 9.69. The van der Waals surface area contributed by atoms with E-state index in [1.165, 1.54) is 5.57 Å². The van der Waals surface area contributed by atoms with Crippen molar-refractivity contribution in [2.75, 3.05) is 22.7 Å². The highest BCUT2D eigenvalue weighted by molar-refractivity contribution is 7.93. The van der Waals surface area contributed by atoms with Crippen molar-refractivity contribution < 1.29 is 8.42 Å². The maximum absolute atomic E-state index is 13.8. The molecule has 0 saturated heterocycles. The van der Waals surface area contributed by atoms with E-state index in [-0.39, 0.29) is 0 Å². The molecule has 4 rings (SSSR count). The van der Waals surface area contributed by atoms with Crippen molar-refractivity contribution >= 4 is 21.4 Å². The topological polar surface area (TPSA) is 49.4 Å². The van der Waals surface area contributed by atoms with Crippen LogP contribution in [0.1, 0.15) is 49.3 Å². The number of fused-ring (bicyclic) bond motifs is 1. The minimum atomic E-state index is -3.65. The maximum atomic E-state index is 13.8. The summed E-state index contributed by atoms with van der Waals surface area (Å²) in [5.41, 5.74) is 5.80. The summed E-state index contributed by atoms with van der Waals surface area (Å²) >= 11 is 0. The van der Waals surface area contributed by atoms with Crippen LogP contribution in [0.3, 0.4) is 0 Å². The molecule has 1 saturated carbocycles. The number of rotatable bonds is 5. The van der Waals surface area contributed by atoms with Gasteiger partial charge in [0.2, 0.25) is 0 Å². The van der Waals surface area contributed by atoms with Crippen LogP contribution < -0.4 is 9.62 Å². The van der Waals surface area contributed by atoms with E-state index in [9.17, 15) is 8.42 Å². The predicted molar refractivity (Wildman–Crippen MR) is 129 cm³/mol. The van der Waals surface area contributed by atoms with Crippen LogP contribution in [0.15, 0.2) is 65.1 Å². The van der Waals surface area contributed by atoms with E-state index in [0.717, 1.165) is 40.9 Å². The predicted octanol–water partition coefficient (Wildman–Crippen LogP) is 5.94. The van der Waals surface area contributed by atoms with Gasteiger partial charge >= 0.3 is 0 Å². The van der Waals surface area contributed by atoms with E-state index < -0.39 is 10.0 Å². The summed E-state index contributed by atoms with van der Waals surface area (Å²) in [6.45, 7) is 9.05. The van der Waals surface area contributed by atoms with E-state index in [2.05, 4.69) is 36.5 Å². The Labute approximate surface area is 186 Å². The van der Waals surface area contributed by atoms with Gasteiger partial charge in [-0.1, -0.05) is 48.1 Å². The Kier molecular flexibility index (Phi) is 5.98. The Morgan fingerprint density at radius 1 is 1.13 bits per heavy atom. The number of aryl methyl sites for hydroxylation is 2. The molecule has 2 aliphatic rings. The van der Waals surface area contributed by atoms with Crippen LogP contribution in [0.2, 0.25) is 0 Å². The number of para-hydroxylation sites is 1. The molecule has 1 fully saturated rings. The van der Waals surface area contributed by atoms with Crippen molar-refractivity contribution in [3.63, 3.8) is 0 Å². The SMILES string of the molecule is C/C=C(C)\C=C/C1CCC1c1ccc(C)c(S(=O)(=O)N2CCNc3cccc(C)c32)c1. The molecule has 1 heterocycles. The maximum Gasteiger partial charge on any atom is 0.264 e. The summed E-state index contributed by atoms with van der Waals surface area (Å²) in [6.07, 6.45) is 8.82. The third-order valence-corrected chi connectivity index (χ3v) is 8.66. The highest BCUT2D eigenvalue weighted by Gasteiger charge is 2.34. The lowest BCUT2D eigenvalue weighted by Crippen LogP contribution is -2.39. The molecule has 0 radical (unpaired) electrons. The van der Waals surface area contributed by atoms with Gasteiger partial charge in [0.05, 0.1) is 22.8 Å². The summed E-state index contributed by atoms with van der Waals surface area (Å²) in [5.74, 6) is 0.850. The molecule has 0 spiro atoms. The van der Waals surface area contributed by atoms with Crippen molar-refractivity contribution in [1.29, 1.82) is 0 Å². The lowest BCUT2D eigenvalue weighted by molar-refractivity contribution is 0.316. The molecule has 4 nitrogen and oxygen atoms in total. The second-order valence-corrected chi connectivity index (χ2v) is 10.6. The second kappa shape index (κ2) is 8.54. The average molecular weight is 437 g/mol. The van der Waals surface area contributed by atoms with Gasteiger partial charge in [-0.25, -0.2) is 8.42 Å². The van der Waals surface area contributed by atoms with Crippen LogP contribution in [0.25, 0.3) is 0 Å². The number of sulfonamides is 1. The molecule has 2 unspecified atom stereocenters. The van der Waals surface area contributed by atoms with Crippen LogP contribution in [-0.4, -0.2) is 21.5 Å². The number of anilines is 2. The van der Waals surface area contributed by atoms with Gasteiger partial charge in [-0.15, -0.1) is 0 Å². The van der Waals surface area contributed by atoms with Gasteiger partial charge in [0.15, 0.2) is 0 Å². The van der Waals surface area contributed by atoms with Crippen molar-refractivity contribution in [2.45, 2.75) is 51.3 Å². The highest BCUT2D eigenvalue weighted by Crippen LogP contribution is 2.45. The molecule has 1 N–H and O–H groups in total. The zero-order chi connectivity index (χ0) is 22.2. The summed E-state index contributed by atoms with van der Waals surface area (Å²) in [4.78, 5) is 0.431. The van der Waals surface area contributed by atoms with Gasteiger partial charge in [0, 0.05) is 6.54 Å². The Bertz CT molecular complexity index is 1150. The molecule has 2 aromatic rings. The molecule has 164 valence electrons. The molecular weight excluding hydrogens is 404 g/mol. The van der Waals surface area contributed by atoms with E-state index in [1.807, 2.05) is 51.1 Å². The number of nitrogens with one attached hydrogen (secondary N) is 1. The molecule has 5 heteroatoms. The molecule has 0 aromatic heterocycles. The average Bonchev–Trinajstić information content (AvgIpc) is 2.74. The Morgan fingerprint density at radius 2 is 1.94 bits per heavy atom. The normalized spacial score (nSPS) is 21.5. The van der Waals surface area contributed by atoms with Crippen molar-refractivity contribution in [2.24, 2.45) is 5.92 Å². The number of hydrogen-bond donors (Lipinski definition) is 1. The van der Waals surface area contributed by atoms with E-state index in [0.29, 0.717) is 29.8 Å². The Hall–Kier alpha value is -2.53. The summed E-state index contributed by atoms with van der Waals surface area (Å²) in [7, 11) is -3.65. The van der Waals surface area contributed by atoms with Crippen molar-refractivity contribution in [3.05, 3.63) is 76.9 Å². The van der Waals surface area contributed by atoms with Crippen LogP contribution in [0.4, 0.5) is 11.4 Å². The van der Waals surface area contributed by atoms with Gasteiger partial charge in [-0.2, -0.15) is 0 Å². The molecular formula is C26H32N2O2S. The molecule has 2 atom stereocenters. The minimum absolute atomic E-state index is 0.382. The van der Waals surface area contributed by atoms with Crippen LogP contribution in [0.5, 0.6) is 0 Å². The van der Waals surface area contributed by atoms with Crippen LogP contribution in [-0.2, 0) is 10.0 Å². The van der Waals surface area contributed by atoms with Gasteiger partial charge in [0.25, 0.3) is 10.0 Å². The third-order valence-electron chi connectivity index (χ3n) is 6.72. The monoisotopic (exact) mass is 436 g/mol. The highest BCUT2D eigenvalue weighted by atomic mass is 32.2. The molecule has 2 aromatic carbocycles. The second-order valence-electron chi connectivity index (χ2n) is 8.74. The fraction of sp³-hybridized carbons (Fsp3) is 0.385. The smallest absolute Gasteiger partial charge is 0.264 e. The standard InChI is InChI=1S/C26H32N2O2S/c1-5-18(2)9-11-21-13-14-23(21)22-12-10-19(3)25(17-22)31(29,30)28-16-15-27-24-8-6-7-20(4)26(24)28/h5-12,17,21,23,27H,13-16H2,1-4H3/b11-9-,18-5-. The van der Waals surface area contributed by atoms with Crippen molar-refractivity contribution in [3.8, 4) is 0 Å². The lowest BCUT2D eigenvalue weighted by Gasteiger charge is -2.36. The molecule has 0 bridgehead atoms. The first-order valence-electron chi connectivity index (χ1n) is 11.1. The van der Waals surface area contributed by atoms with E-state index >= 15 is 0 Å². The van der Waals surface area contributed by atoms with Gasteiger partial charge in [-0.3, -0.25) is 4.31 Å². The zero-order valence-electron chi connectivity index (χ0n) is 18.9. The minimum Gasteiger partial charge on any atom is -0.382 e. The first-order valence-corrected chi connectivity index (χ1v) is 12.5. The summed E-state index contributed by atoms with van der Waals surface area (Å²) in [6, 6.07) is 11.9. The van der Waals surface area contributed by atoms with Crippen LogP contribution in [0, 0.1) is 19.8 Å².